The fraction of sp³-hybridized carbons (Fsp3) is 0.190. The molecule has 0 unspecified atom stereocenters. The van der Waals surface area contributed by atoms with Gasteiger partial charge in [-0.3, -0.25) is 9.59 Å². The van der Waals surface area contributed by atoms with Crippen molar-refractivity contribution in [3.8, 4) is 5.69 Å². The molecule has 0 radical (unpaired) electrons. The molecule has 150 valence electrons. The van der Waals surface area contributed by atoms with E-state index in [0.29, 0.717) is 5.69 Å². The number of nitrogens with zero attached hydrogens (tertiary/aromatic N) is 2. The van der Waals surface area contributed by atoms with E-state index >= 15 is 0 Å². The zero-order valence-electron chi connectivity index (χ0n) is 15.9. The molecule has 6 nitrogen and oxygen atoms in total. The summed E-state index contributed by atoms with van der Waals surface area (Å²) in [4.78, 5) is 24.1. The van der Waals surface area contributed by atoms with E-state index in [1.165, 1.54) is 12.1 Å². The molecule has 0 saturated carbocycles. The van der Waals surface area contributed by atoms with Crippen molar-refractivity contribution in [2.24, 2.45) is 0 Å². The topological polar surface area (TPSA) is 73.2 Å². The minimum atomic E-state index is -0.659. The first-order chi connectivity index (χ1) is 13.8. The summed E-state index contributed by atoms with van der Waals surface area (Å²) in [5, 5.41) is 7.08. The van der Waals surface area contributed by atoms with E-state index in [4.69, 9.17) is 16.3 Å². The number of aromatic nitrogens is 2. The van der Waals surface area contributed by atoms with E-state index in [-0.39, 0.29) is 17.1 Å². The van der Waals surface area contributed by atoms with E-state index in [2.05, 4.69) is 10.4 Å². The molecule has 29 heavy (non-hydrogen) atoms. The van der Waals surface area contributed by atoms with E-state index < -0.39 is 24.3 Å². The number of nitrogens with one attached hydrogen (secondary N) is 1. The van der Waals surface area contributed by atoms with E-state index in [1.54, 1.807) is 4.68 Å². The Morgan fingerprint density at radius 2 is 1.90 bits per heavy atom. The molecule has 0 aliphatic rings. The van der Waals surface area contributed by atoms with Gasteiger partial charge in [0.25, 0.3) is 5.91 Å². The highest BCUT2D eigenvalue weighted by atomic mass is 35.5. The molecule has 0 fully saturated rings. The number of carbonyl (C=O) groups excluding carboxylic acids is 2. The monoisotopic (exact) mass is 415 g/mol. The maximum absolute atomic E-state index is 13.7. The van der Waals surface area contributed by atoms with Crippen LogP contribution in [0.15, 0.2) is 48.5 Å². The maximum Gasteiger partial charge on any atom is 0.310 e. The molecule has 1 amide bonds. The van der Waals surface area contributed by atoms with Crippen molar-refractivity contribution in [2.75, 3.05) is 11.9 Å². The minimum absolute atomic E-state index is 0.0245. The van der Waals surface area contributed by atoms with Crippen LogP contribution in [0, 0.1) is 19.7 Å². The number of amides is 1. The molecule has 0 spiro atoms. The minimum Gasteiger partial charge on any atom is -0.455 e. The Bertz CT molecular complexity index is 1050. The summed E-state index contributed by atoms with van der Waals surface area (Å²) in [7, 11) is 0. The van der Waals surface area contributed by atoms with Crippen LogP contribution < -0.4 is 5.32 Å². The van der Waals surface area contributed by atoms with Crippen molar-refractivity contribution in [3.05, 3.63) is 76.3 Å². The highest BCUT2D eigenvalue weighted by Gasteiger charge is 2.18. The Labute approximate surface area is 172 Å². The number of anilines is 1. The van der Waals surface area contributed by atoms with Crippen LogP contribution in [0.4, 0.5) is 10.1 Å². The van der Waals surface area contributed by atoms with Crippen molar-refractivity contribution in [2.45, 2.75) is 20.3 Å². The Morgan fingerprint density at radius 3 is 2.62 bits per heavy atom. The van der Waals surface area contributed by atoms with E-state index in [0.717, 1.165) is 23.0 Å². The summed E-state index contributed by atoms with van der Waals surface area (Å²) >= 11 is 5.78. The molecule has 0 aliphatic carbocycles. The number of para-hydroxylation sites is 1. The number of ether oxygens (including phenoxy) is 1. The third-order valence-electron chi connectivity index (χ3n) is 4.33. The summed E-state index contributed by atoms with van der Waals surface area (Å²) in [6.45, 7) is 3.14. The molecule has 1 aromatic heterocycles. The predicted octanol–water partition coefficient (Wildman–Crippen LogP) is 4.01. The Kier molecular flexibility index (Phi) is 6.29. The summed E-state index contributed by atoms with van der Waals surface area (Å²) in [6.07, 6.45) is -0.0245. The van der Waals surface area contributed by atoms with Crippen molar-refractivity contribution in [1.82, 2.24) is 9.78 Å². The van der Waals surface area contributed by atoms with Crippen LogP contribution in [0.5, 0.6) is 0 Å². The van der Waals surface area contributed by atoms with Gasteiger partial charge in [-0.05, 0) is 44.2 Å². The number of rotatable bonds is 6. The van der Waals surface area contributed by atoms with Crippen molar-refractivity contribution in [3.63, 3.8) is 0 Å². The standard InChI is InChI=1S/C21H19ClFN3O3/c1-13-17(14(2)26(25-13)16-6-4-3-5-7-16)11-21(28)29-12-20(27)24-19-10-15(22)8-9-18(19)23/h3-10H,11-12H2,1-2H3,(H,24,27). The van der Waals surface area contributed by atoms with Gasteiger partial charge in [0, 0.05) is 16.3 Å². The first-order valence-electron chi connectivity index (χ1n) is 8.86. The van der Waals surface area contributed by atoms with Crippen molar-refractivity contribution in [1.29, 1.82) is 0 Å². The van der Waals surface area contributed by atoms with Crippen LogP contribution in [0.25, 0.3) is 5.69 Å². The molecular formula is C21H19ClFN3O3. The summed E-state index contributed by atoms with van der Waals surface area (Å²) in [6, 6.07) is 13.3. The number of hydrogen-bond acceptors (Lipinski definition) is 4. The maximum atomic E-state index is 13.7. The summed E-state index contributed by atoms with van der Waals surface area (Å²) in [5.74, 6) is -1.87. The van der Waals surface area contributed by atoms with Gasteiger partial charge in [0.15, 0.2) is 6.61 Å². The highest BCUT2D eigenvalue weighted by molar-refractivity contribution is 6.30. The fourth-order valence-corrected chi connectivity index (χ4v) is 3.04. The molecule has 0 atom stereocenters. The van der Waals surface area contributed by atoms with E-state index in [1.807, 2.05) is 44.2 Å². The number of hydrogen-bond donors (Lipinski definition) is 1. The SMILES string of the molecule is Cc1nn(-c2ccccc2)c(C)c1CC(=O)OCC(=O)Nc1cc(Cl)ccc1F. The average molecular weight is 416 g/mol. The molecule has 3 rings (SSSR count). The zero-order chi connectivity index (χ0) is 21.0. The van der Waals surface area contributed by atoms with Gasteiger partial charge in [0.2, 0.25) is 0 Å². The first kappa shape index (κ1) is 20.5. The highest BCUT2D eigenvalue weighted by Crippen LogP contribution is 2.20. The molecule has 1 heterocycles. The van der Waals surface area contributed by atoms with Gasteiger partial charge in [-0.25, -0.2) is 9.07 Å². The number of halogens is 2. The third-order valence-corrected chi connectivity index (χ3v) is 4.56. The summed E-state index contributed by atoms with van der Waals surface area (Å²) in [5.41, 5.74) is 3.06. The second-order valence-electron chi connectivity index (χ2n) is 6.41. The van der Waals surface area contributed by atoms with Crippen LogP contribution in [0.1, 0.15) is 17.0 Å². The Balaban J connectivity index is 1.60. The predicted molar refractivity (Wildman–Crippen MR) is 108 cm³/mol. The lowest BCUT2D eigenvalue weighted by Crippen LogP contribution is -2.22. The number of aryl methyl sites for hydroxylation is 1. The van der Waals surface area contributed by atoms with Gasteiger partial charge in [0.05, 0.1) is 23.5 Å². The van der Waals surface area contributed by atoms with Crippen LogP contribution in [0.2, 0.25) is 5.02 Å². The Hall–Kier alpha value is -3.19. The molecule has 0 bridgehead atoms. The quantitative estimate of drug-likeness (QED) is 0.617. The van der Waals surface area contributed by atoms with Gasteiger partial charge in [-0.2, -0.15) is 5.10 Å². The summed E-state index contributed by atoms with van der Waals surface area (Å²) < 4.78 is 20.4. The van der Waals surface area contributed by atoms with Gasteiger partial charge in [0.1, 0.15) is 5.82 Å². The lowest BCUT2D eigenvalue weighted by molar-refractivity contribution is -0.146. The molecular weight excluding hydrogens is 397 g/mol. The van der Waals surface area contributed by atoms with Crippen molar-refractivity contribution < 1.29 is 18.7 Å². The number of esters is 1. The van der Waals surface area contributed by atoms with Gasteiger partial charge < -0.3 is 10.1 Å². The molecule has 1 N–H and O–H groups in total. The zero-order valence-corrected chi connectivity index (χ0v) is 16.7. The smallest absolute Gasteiger partial charge is 0.310 e. The molecule has 2 aromatic carbocycles. The van der Waals surface area contributed by atoms with E-state index in [9.17, 15) is 14.0 Å². The number of benzene rings is 2. The van der Waals surface area contributed by atoms with Gasteiger partial charge >= 0.3 is 5.97 Å². The van der Waals surface area contributed by atoms with Crippen LogP contribution in [-0.4, -0.2) is 28.3 Å². The largest absolute Gasteiger partial charge is 0.455 e. The lowest BCUT2D eigenvalue weighted by atomic mass is 10.1. The second-order valence-corrected chi connectivity index (χ2v) is 6.84. The normalized spacial score (nSPS) is 10.6. The first-order valence-corrected chi connectivity index (χ1v) is 9.24. The average Bonchev–Trinajstić information content (AvgIpc) is 2.98. The van der Waals surface area contributed by atoms with Crippen LogP contribution in [-0.2, 0) is 20.7 Å². The lowest BCUT2D eigenvalue weighted by Gasteiger charge is -2.08. The van der Waals surface area contributed by atoms with Crippen LogP contribution >= 0.6 is 11.6 Å². The molecule has 0 saturated heterocycles. The molecule has 8 heteroatoms. The van der Waals surface area contributed by atoms with Gasteiger partial charge in [-0.15, -0.1) is 0 Å². The van der Waals surface area contributed by atoms with Crippen LogP contribution in [0.3, 0.4) is 0 Å². The fourth-order valence-electron chi connectivity index (χ4n) is 2.87. The Morgan fingerprint density at radius 1 is 1.17 bits per heavy atom. The van der Waals surface area contributed by atoms with Crippen molar-refractivity contribution >= 4 is 29.2 Å². The number of carbonyl (C=O) groups is 2. The molecule has 3 aromatic rings. The third kappa shape index (κ3) is 5.00. The molecule has 0 aliphatic heterocycles. The second kappa shape index (κ2) is 8.87. The van der Waals surface area contributed by atoms with Gasteiger partial charge in [-0.1, -0.05) is 29.8 Å².